The normalized spacial score (nSPS) is 16.5. The first-order valence-corrected chi connectivity index (χ1v) is 9.14. The second-order valence-electron chi connectivity index (χ2n) is 7.34. The van der Waals surface area contributed by atoms with Gasteiger partial charge in [-0.3, -0.25) is 4.79 Å². The maximum atomic E-state index is 13.2. The van der Waals surface area contributed by atoms with Crippen molar-refractivity contribution in [3.63, 3.8) is 0 Å². The minimum atomic E-state index is -0.291. The molecule has 0 radical (unpaired) electrons. The van der Waals surface area contributed by atoms with Crippen LogP contribution in [0, 0.1) is 5.41 Å². The van der Waals surface area contributed by atoms with Crippen LogP contribution in [-0.2, 0) is 0 Å². The maximum Gasteiger partial charge on any atom is 0.172 e. The van der Waals surface area contributed by atoms with Gasteiger partial charge in [0.05, 0.1) is 24.6 Å². The zero-order valence-corrected chi connectivity index (χ0v) is 15.2. The Morgan fingerprint density at radius 2 is 2.04 bits per heavy atom. The minimum Gasteiger partial charge on any atom is -0.497 e. The Bertz CT molecular complexity index is 955. The molecule has 0 amide bonds. The Kier molecular flexibility index (Phi) is 4.23. The summed E-state index contributed by atoms with van der Waals surface area (Å²) in [5.74, 6) is 0.949. The minimum absolute atomic E-state index is 0.181. The fourth-order valence-electron chi connectivity index (χ4n) is 3.87. The summed E-state index contributed by atoms with van der Waals surface area (Å²) in [6.45, 7) is 2.09. The quantitative estimate of drug-likeness (QED) is 0.688. The van der Waals surface area contributed by atoms with Gasteiger partial charge in [0.2, 0.25) is 0 Å². The number of nitrogens with zero attached hydrogens (tertiary/aromatic N) is 2. The van der Waals surface area contributed by atoms with Crippen LogP contribution >= 0.6 is 0 Å². The molecule has 1 aliphatic rings. The molecule has 0 saturated heterocycles. The lowest BCUT2D eigenvalue weighted by Crippen LogP contribution is -2.30. The molecule has 2 heterocycles. The smallest absolute Gasteiger partial charge is 0.172 e. The lowest BCUT2D eigenvalue weighted by Gasteiger charge is -2.31. The lowest BCUT2D eigenvalue weighted by atomic mass is 9.71. The van der Waals surface area contributed by atoms with Gasteiger partial charge in [-0.2, -0.15) is 0 Å². The van der Waals surface area contributed by atoms with E-state index < -0.39 is 0 Å². The summed E-state index contributed by atoms with van der Waals surface area (Å²) in [6, 6.07) is 7.71. The van der Waals surface area contributed by atoms with E-state index in [2.05, 4.69) is 16.9 Å². The molecule has 1 saturated carbocycles. The molecule has 5 heteroatoms. The summed E-state index contributed by atoms with van der Waals surface area (Å²) in [5, 5.41) is 0. The number of carbonyl (C=O) groups excluding carboxylic acids is 1. The highest BCUT2D eigenvalue weighted by Gasteiger charge is 2.36. The van der Waals surface area contributed by atoms with Crippen molar-refractivity contribution < 1.29 is 9.53 Å². The molecule has 1 fully saturated rings. The zero-order chi connectivity index (χ0) is 18.1. The highest BCUT2D eigenvalue weighted by Crippen LogP contribution is 2.39. The van der Waals surface area contributed by atoms with Crippen LogP contribution in [0.1, 0.15) is 49.4 Å². The van der Waals surface area contributed by atoms with Crippen LogP contribution in [0.4, 0.5) is 0 Å². The van der Waals surface area contributed by atoms with Crippen LogP contribution < -0.4 is 4.74 Å². The van der Waals surface area contributed by atoms with E-state index in [0.29, 0.717) is 16.7 Å². The fraction of sp³-hybridized carbons (Fsp3) is 0.381. The summed E-state index contributed by atoms with van der Waals surface area (Å²) in [7, 11) is 1.64. The Balaban J connectivity index is 1.76. The first-order chi connectivity index (χ1) is 12.6. The van der Waals surface area contributed by atoms with E-state index in [-0.39, 0.29) is 11.2 Å². The number of ether oxygens (including phenoxy) is 1. The first kappa shape index (κ1) is 16.8. The van der Waals surface area contributed by atoms with Crippen molar-refractivity contribution in [2.24, 2.45) is 5.41 Å². The Morgan fingerprint density at radius 3 is 2.81 bits per heavy atom. The van der Waals surface area contributed by atoms with Crippen molar-refractivity contribution >= 4 is 16.9 Å². The summed E-state index contributed by atoms with van der Waals surface area (Å²) >= 11 is 0. The number of H-pyrrole nitrogens is 1. The van der Waals surface area contributed by atoms with Gasteiger partial charge in [-0.1, -0.05) is 38.3 Å². The van der Waals surface area contributed by atoms with E-state index in [1.54, 1.807) is 19.5 Å². The molecule has 0 aliphatic heterocycles. The van der Waals surface area contributed by atoms with Crippen molar-refractivity contribution in [1.82, 2.24) is 15.0 Å². The van der Waals surface area contributed by atoms with Gasteiger partial charge in [-0.05, 0) is 25.0 Å². The van der Waals surface area contributed by atoms with Gasteiger partial charge in [0, 0.05) is 17.2 Å². The van der Waals surface area contributed by atoms with E-state index in [1.165, 1.54) is 6.42 Å². The molecule has 1 aliphatic carbocycles. The molecule has 0 atom stereocenters. The van der Waals surface area contributed by atoms with Crippen molar-refractivity contribution in [3.05, 3.63) is 42.2 Å². The van der Waals surface area contributed by atoms with Crippen molar-refractivity contribution in [3.8, 4) is 17.0 Å². The number of rotatable bonds is 4. The van der Waals surface area contributed by atoms with E-state index >= 15 is 0 Å². The third-order valence-electron chi connectivity index (χ3n) is 5.50. The molecule has 1 N–H and O–H groups in total. The Hall–Kier alpha value is -2.69. The summed E-state index contributed by atoms with van der Waals surface area (Å²) in [5.41, 5.74) is 3.32. The molecule has 5 nitrogen and oxygen atoms in total. The van der Waals surface area contributed by atoms with E-state index in [1.807, 2.05) is 24.3 Å². The Labute approximate surface area is 152 Å². The molecule has 4 rings (SSSR count). The second-order valence-corrected chi connectivity index (χ2v) is 7.34. The SMILES string of the molecule is COc1cccc(-c2cnc3[nH]cc(C(=O)C4(C)CCCCC4)c3n2)c1. The summed E-state index contributed by atoms with van der Waals surface area (Å²) in [6.07, 6.45) is 8.84. The number of carbonyl (C=O) groups is 1. The molecule has 0 bridgehead atoms. The number of hydrogen-bond donors (Lipinski definition) is 1. The van der Waals surface area contributed by atoms with E-state index in [0.717, 1.165) is 42.7 Å². The highest BCUT2D eigenvalue weighted by atomic mass is 16.5. The summed E-state index contributed by atoms with van der Waals surface area (Å²) in [4.78, 5) is 25.6. The molecule has 3 aromatic rings. The largest absolute Gasteiger partial charge is 0.497 e. The third kappa shape index (κ3) is 2.87. The van der Waals surface area contributed by atoms with Crippen molar-refractivity contribution in [1.29, 1.82) is 0 Å². The van der Waals surface area contributed by atoms with Crippen LogP contribution in [0.5, 0.6) is 5.75 Å². The van der Waals surface area contributed by atoms with Crippen LogP contribution in [0.3, 0.4) is 0 Å². The van der Waals surface area contributed by atoms with Crippen LogP contribution in [0.15, 0.2) is 36.7 Å². The lowest BCUT2D eigenvalue weighted by molar-refractivity contribution is 0.0751. The van der Waals surface area contributed by atoms with Crippen LogP contribution in [0.25, 0.3) is 22.4 Å². The molecule has 134 valence electrons. The number of Topliss-reactive ketones (excluding diaryl/α,β-unsaturated/α-hetero) is 1. The average Bonchev–Trinajstić information content (AvgIpc) is 3.11. The standard InChI is InChI=1S/C21H23N3O2/c1-21(9-4-3-5-10-21)19(25)16-12-22-20-18(16)24-17(13-23-20)14-7-6-8-15(11-14)26-2/h6-8,11-13H,3-5,9-10H2,1-2H3,(H,22,23). The van der Waals surface area contributed by atoms with Crippen molar-refractivity contribution in [2.45, 2.75) is 39.0 Å². The topological polar surface area (TPSA) is 67.9 Å². The van der Waals surface area contributed by atoms with Gasteiger partial charge in [0.15, 0.2) is 11.4 Å². The van der Waals surface area contributed by atoms with Gasteiger partial charge in [0.1, 0.15) is 11.3 Å². The van der Waals surface area contributed by atoms with Gasteiger partial charge in [0.25, 0.3) is 0 Å². The van der Waals surface area contributed by atoms with Crippen LogP contribution in [-0.4, -0.2) is 27.8 Å². The predicted octanol–water partition coefficient (Wildman–Crippen LogP) is 4.79. The fourth-order valence-corrected chi connectivity index (χ4v) is 3.87. The number of hydrogen-bond acceptors (Lipinski definition) is 4. The average molecular weight is 349 g/mol. The molecular weight excluding hydrogens is 326 g/mol. The number of methoxy groups -OCH3 is 1. The van der Waals surface area contributed by atoms with E-state index in [4.69, 9.17) is 9.72 Å². The number of nitrogens with one attached hydrogen (secondary N) is 1. The molecule has 26 heavy (non-hydrogen) atoms. The number of aromatic amines is 1. The molecule has 1 aromatic carbocycles. The van der Waals surface area contributed by atoms with Crippen LogP contribution in [0.2, 0.25) is 0 Å². The molecule has 0 unspecified atom stereocenters. The van der Waals surface area contributed by atoms with Gasteiger partial charge >= 0.3 is 0 Å². The molecule has 2 aromatic heterocycles. The third-order valence-corrected chi connectivity index (χ3v) is 5.50. The Morgan fingerprint density at radius 1 is 1.23 bits per heavy atom. The number of ketones is 1. The van der Waals surface area contributed by atoms with E-state index in [9.17, 15) is 4.79 Å². The summed E-state index contributed by atoms with van der Waals surface area (Å²) < 4.78 is 5.29. The second kappa shape index (κ2) is 6.56. The molecule has 0 spiro atoms. The zero-order valence-electron chi connectivity index (χ0n) is 15.2. The van der Waals surface area contributed by atoms with Gasteiger partial charge in [-0.25, -0.2) is 9.97 Å². The number of fused-ring (bicyclic) bond motifs is 1. The highest BCUT2D eigenvalue weighted by molar-refractivity contribution is 6.08. The maximum absolute atomic E-state index is 13.2. The molecular formula is C21H23N3O2. The number of aromatic nitrogens is 3. The van der Waals surface area contributed by atoms with Gasteiger partial charge < -0.3 is 9.72 Å². The number of benzene rings is 1. The first-order valence-electron chi connectivity index (χ1n) is 9.14. The van der Waals surface area contributed by atoms with Gasteiger partial charge in [-0.15, -0.1) is 0 Å². The monoisotopic (exact) mass is 349 g/mol. The predicted molar refractivity (Wildman–Crippen MR) is 101 cm³/mol. The van der Waals surface area contributed by atoms with Crippen molar-refractivity contribution in [2.75, 3.05) is 7.11 Å².